The fraction of sp³-hybridized carbons (Fsp3) is 0. The Kier molecular flexibility index (Phi) is 5.03. The van der Waals surface area contributed by atoms with Gasteiger partial charge in [0.25, 0.3) is 0 Å². The first-order valence-electron chi connectivity index (χ1n) is 3.01. The summed E-state index contributed by atoms with van der Waals surface area (Å²) >= 11 is 16.5. The van der Waals surface area contributed by atoms with Gasteiger partial charge >= 0.3 is 0 Å². The summed E-state index contributed by atoms with van der Waals surface area (Å²) in [6.07, 6.45) is 0. The predicted octanol–water partition coefficient (Wildman–Crippen LogP) is 5.56. The van der Waals surface area contributed by atoms with Gasteiger partial charge in [0.1, 0.15) is 0 Å². The van der Waals surface area contributed by atoms with Crippen molar-refractivity contribution in [1.29, 1.82) is 0 Å². The molecule has 0 N–H and O–H groups in total. The minimum absolute atomic E-state index is 0.307. The van der Waals surface area contributed by atoms with E-state index in [9.17, 15) is 4.91 Å². The summed E-state index contributed by atoms with van der Waals surface area (Å²) < 4.78 is 3.45. The molecule has 0 fully saturated rings. The second kappa shape index (κ2) is 5.38. The molecule has 3 nitrogen and oxygen atoms in total. The molecule has 14 heavy (non-hydrogen) atoms. The SMILES string of the molecule is O=NOc1c(Br)c(Br)c(Br)c(Br)c1Br. The van der Waals surface area contributed by atoms with E-state index in [1.54, 1.807) is 0 Å². The van der Waals surface area contributed by atoms with Crippen LogP contribution in [-0.4, -0.2) is 0 Å². The molecule has 8 heteroatoms. The zero-order valence-electron chi connectivity index (χ0n) is 6.15. The van der Waals surface area contributed by atoms with Gasteiger partial charge in [-0.15, -0.1) is 4.91 Å². The summed E-state index contributed by atoms with van der Waals surface area (Å²) in [7, 11) is 0. The van der Waals surface area contributed by atoms with Crippen LogP contribution in [0.2, 0.25) is 0 Å². The fourth-order valence-electron chi connectivity index (χ4n) is 0.702. The van der Waals surface area contributed by atoms with E-state index in [-0.39, 0.29) is 0 Å². The maximum Gasteiger partial charge on any atom is 0.192 e. The molecule has 0 aliphatic carbocycles. The molecule has 0 radical (unpaired) electrons. The van der Waals surface area contributed by atoms with Gasteiger partial charge in [-0.3, -0.25) is 0 Å². The molecule has 1 aromatic rings. The number of benzene rings is 1. The van der Waals surface area contributed by atoms with Gasteiger partial charge in [0.15, 0.2) is 11.1 Å². The van der Waals surface area contributed by atoms with Gasteiger partial charge in [0.05, 0.1) is 17.9 Å². The molecule has 0 amide bonds. The molecule has 0 aliphatic heterocycles. The van der Waals surface area contributed by atoms with Crippen LogP contribution in [0.4, 0.5) is 0 Å². The number of hydrogen-bond donors (Lipinski definition) is 0. The van der Waals surface area contributed by atoms with Crippen LogP contribution in [0.5, 0.6) is 5.75 Å². The molecule has 0 aromatic heterocycles. The highest BCUT2D eigenvalue weighted by Crippen LogP contribution is 2.48. The van der Waals surface area contributed by atoms with Gasteiger partial charge in [-0.1, -0.05) is 0 Å². The Labute approximate surface area is 122 Å². The second-order valence-electron chi connectivity index (χ2n) is 2.06. The highest BCUT2D eigenvalue weighted by molar-refractivity contribution is 9.15. The molecule has 0 unspecified atom stereocenters. The van der Waals surface area contributed by atoms with Crippen LogP contribution in [0.3, 0.4) is 0 Å². The van der Waals surface area contributed by atoms with E-state index in [2.05, 4.69) is 89.8 Å². The van der Waals surface area contributed by atoms with Gasteiger partial charge < -0.3 is 4.84 Å². The third-order valence-electron chi connectivity index (χ3n) is 1.30. The summed E-state index contributed by atoms with van der Waals surface area (Å²) in [4.78, 5) is 14.6. The third kappa shape index (κ3) is 2.40. The van der Waals surface area contributed by atoms with Crippen molar-refractivity contribution in [2.75, 3.05) is 0 Å². The first kappa shape index (κ1) is 13.1. The van der Waals surface area contributed by atoms with E-state index >= 15 is 0 Å². The van der Waals surface area contributed by atoms with Gasteiger partial charge in [-0.25, -0.2) is 0 Å². The smallest absolute Gasteiger partial charge is 0.192 e. The molecular formula is C6Br5NO2. The first-order chi connectivity index (χ1) is 6.50. The second-order valence-corrected chi connectivity index (χ2v) is 6.03. The Morgan fingerprint density at radius 2 is 1.14 bits per heavy atom. The molecule has 0 spiro atoms. The summed E-state index contributed by atoms with van der Waals surface area (Å²) in [5.41, 5.74) is 0. The molecule has 0 saturated heterocycles. The van der Waals surface area contributed by atoms with Crippen molar-refractivity contribution in [3.05, 3.63) is 27.3 Å². The van der Waals surface area contributed by atoms with Crippen molar-refractivity contribution in [2.45, 2.75) is 0 Å². The standard InChI is InChI=1S/C6Br5NO2/c7-1-2(8)4(10)6(14-12-13)5(11)3(1)9. The Balaban J connectivity index is 3.50. The molecule has 0 aliphatic rings. The lowest BCUT2D eigenvalue weighted by atomic mass is 10.3. The van der Waals surface area contributed by atoms with E-state index in [1.807, 2.05) is 0 Å². The number of halogens is 5. The van der Waals surface area contributed by atoms with E-state index in [0.29, 0.717) is 14.7 Å². The molecule has 0 bridgehead atoms. The highest BCUT2D eigenvalue weighted by Gasteiger charge is 2.19. The van der Waals surface area contributed by atoms with Crippen LogP contribution in [0, 0.1) is 4.91 Å². The number of hydrogen-bond acceptors (Lipinski definition) is 3. The lowest BCUT2D eigenvalue weighted by Gasteiger charge is -2.09. The molecule has 1 aromatic carbocycles. The average Bonchev–Trinajstić information content (AvgIpc) is 2.19. The predicted molar refractivity (Wildman–Crippen MR) is 71.4 cm³/mol. The Morgan fingerprint density at radius 1 is 0.786 bits per heavy atom. The topological polar surface area (TPSA) is 38.7 Å². The Bertz CT molecular complexity index is 365. The summed E-state index contributed by atoms with van der Waals surface area (Å²) in [5.74, 6) is 0.307. The van der Waals surface area contributed by atoms with Crippen LogP contribution < -0.4 is 4.84 Å². The average molecular weight is 518 g/mol. The van der Waals surface area contributed by atoms with Crippen LogP contribution in [0.25, 0.3) is 0 Å². The van der Waals surface area contributed by atoms with Crippen LogP contribution in [-0.2, 0) is 0 Å². The van der Waals surface area contributed by atoms with Crippen LogP contribution >= 0.6 is 79.6 Å². The van der Waals surface area contributed by atoms with Crippen molar-refractivity contribution < 1.29 is 4.84 Å². The zero-order chi connectivity index (χ0) is 10.9. The molecular weight excluding hydrogens is 518 g/mol. The molecule has 76 valence electrons. The Hall–Kier alpha value is 1.02. The van der Waals surface area contributed by atoms with Crippen LogP contribution in [0.15, 0.2) is 27.7 Å². The normalized spacial score (nSPS) is 10.1. The van der Waals surface area contributed by atoms with Crippen molar-refractivity contribution in [3.63, 3.8) is 0 Å². The highest BCUT2D eigenvalue weighted by atomic mass is 79.9. The largest absolute Gasteiger partial charge is 0.321 e. The number of rotatable bonds is 2. The summed E-state index contributed by atoms with van der Waals surface area (Å²) in [5, 5.41) is 2.37. The van der Waals surface area contributed by atoms with E-state index in [4.69, 9.17) is 0 Å². The van der Waals surface area contributed by atoms with Crippen molar-refractivity contribution >= 4 is 79.6 Å². The fourth-order valence-corrected chi connectivity index (χ4v) is 3.86. The quantitative estimate of drug-likeness (QED) is 0.223. The molecule has 0 heterocycles. The maximum absolute atomic E-state index is 10.0. The van der Waals surface area contributed by atoms with E-state index in [0.717, 1.165) is 13.4 Å². The molecule has 0 saturated carbocycles. The van der Waals surface area contributed by atoms with Crippen LogP contribution in [0.1, 0.15) is 0 Å². The minimum atomic E-state index is 0.307. The molecule has 1 rings (SSSR count). The maximum atomic E-state index is 10.0. The number of nitrogens with zero attached hydrogens (tertiary/aromatic N) is 1. The van der Waals surface area contributed by atoms with Crippen molar-refractivity contribution in [1.82, 2.24) is 0 Å². The monoisotopic (exact) mass is 513 g/mol. The van der Waals surface area contributed by atoms with Gasteiger partial charge in [-0.2, -0.15) is 0 Å². The van der Waals surface area contributed by atoms with Crippen molar-refractivity contribution in [3.8, 4) is 5.75 Å². The van der Waals surface area contributed by atoms with Gasteiger partial charge in [0, 0.05) is 4.47 Å². The summed E-state index contributed by atoms with van der Waals surface area (Å²) in [6, 6.07) is 0. The Morgan fingerprint density at radius 3 is 1.50 bits per heavy atom. The lowest BCUT2D eigenvalue weighted by Crippen LogP contribution is -1.88. The third-order valence-corrected chi connectivity index (χ3v) is 7.32. The van der Waals surface area contributed by atoms with E-state index in [1.165, 1.54) is 0 Å². The van der Waals surface area contributed by atoms with Gasteiger partial charge in [-0.05, 0) is 79.6 Å². The van der Waals surface area contributed by atoms with Gasteiger partial charge in [0.2, 0.25) is 0 Å². The molecule has 0 atom stereocenters. The zero-order valence-corrected chi connectivity index (χ0v) is 14.1. The van der Waals surface area contributed by atoms with E-state index < -0.39 is 0 Å². The minimum Gasteiger partial charge on any atom is -0.321 e. The van der Waals surface area contributed by atoms with Crippen molar-refractivity contribution in [2.24, 2.45) is 5.34 Å². The lowest BCUT2D eigenvalue weighted by molar-refractivity contribution is 0.330. The summed E-state index contributed by atoms with van der Waals surface area (Å²) in [6.45, 7) is 0. The first-order valence-corrected chi connectivity index (χ1v) is 6.98.